The van der Waals surface area contributed by atoms with E-state index in [1.54, 1.807) is 36.8 Å². The van der Waals surface area contributed by atoms with Gasteiger partial charge in [-0.1, -0.05) is 13.8 Å². The molecule has 1 heterocycles. The molecule has 0 aromatic carbocycles. The van der Waals surface area contributed by atoms with Gasteiger partial charge in [0.15, 0.2) is 0 Å². The van der Waals surface area contributed by atoms with Gasteiger partial charge in [-0.3, -0.25) is 4.79 Å². The molecule has 0 saturated carbocycles. The quantitative estimate of drug-likeness (QED) is 0.741. The minimum Gasteiger partial charge on any atom is -0.266 e. The maximum absolute atomic E-state index is 11.7. The van der Waals surface area contributed by atoms with Crippen LogP contribution in [0.2, 0.25) is 0 Å². The molecule has 1 aromatic heterocycles. The number of hydrogen-bond acceptors (Lipinski definition) is 4. The lowest BCUT2D eigenvalue weighted by Crippen LogP contribution is -2.21. The summed E-state index contributed by atoms with van der Waals surface area (Å²) in [5.41, 5.74) is 0.00954. The lowest BCUT2D eigenvalue weighted by Gasteiger charge is -2.06. The van der Waals surface area contributed by atoms with Crippen LogP contribution >= 0.6 is 23.5 Å². The Morgan fingerprint density at radius 3 is 2.57 bits per heavy atom. The van der Waals surface area contributed by atoms with E-state index >= 15 is 0 Å². The first-order valence-electron chi connectivity index (χ1n) is 4.52. The second kappa shape index (κ2) is 5.46. The Hall–Kier alpha value is -0.420. The molecule has 0 aliphatic carbocycles. The molecule has 3 nitrogen and oxygen atoms in total. The van der Waals surface area contributed by atoms with Crippen molar-refractivity contribution >= 4 is 23.5 Å². The van der Waals surface area contributed by atoms with E-state index in [4.69, 9.17) is 0 Å². The van der Waals surface area contributed by atoms with E-state index in [0.29, 0.717) is 0 Å². The number of aromatic nitrogens is 2. The molecule has 0 radical (unpaired) electrons. The van der Waals surface area contributed by atoms with Gasteiger partial charge in [0, 0.05) is 11.9 Å². The van der Waals surface area contributed by atoms with Gasteiger partial charge >= 0.3 is 0 Å². The second-order valence-electron chi connectivity index (χ2n) is 2.63. The van der Waals surface area contributed by atoms with Crippen LogP contribution in [0.5, 0.6) is 0 Å². The predicted molar refractivity (Wildman–Crippen MR) is 62.3 cm³/mol. The molecule has 78 valence electrons. The van der Waals surface area contributed by atoms with Gasteiger partial charge in [-0.05, 0) is 11.5 Å². The number of aryl methyl sites for hydroxylation is 1. The van der Waals surface area contributed by atoms with Gasteiger partial charge in [-0.25, -0.2) is 4.68 Å². The third-order valence-electron chi connectivity index (χ3n) is 1.65. The van der Waals surface area contributed by atoms with E-state index in [1.165, 1.54) is 4.68 Å². The monoisotopic (exact) mass is 230 g/mol. The summed E-state index contributed by atoms with van der Waals surface area (Å²) in [5, 5.41) is 4.01. The van der Waals surface area contributed by atoms with Gasteiger partial charge in [0.2, 0.25) is 0 Å². The first-order valence-corrected chi connectivity index (χ1v) is 6.49. The summed E-state index contributed by atoms with van der Waals surface area (Å²) in [5.74, 6) is 1.88. The van der Waals surface area contributed by atoms with Crippen molar-refractivity contribution in [3.63, 3.8) is 0 Å². The molecule has 1 aromatic rings. The van der Waals surface area contributed by atoms with E-state index < -0.39 is 0 Å². The molecule has 0 amide bonds. The van der Waals surface area contributed by atoms with Crippen molar-refractivity contribution in [1.29, 1.82) is 0 Å². The Balaban J connectivity index is 3.16. The zero-order valence-corrected chi connectivity index (χ0v) is 10.2. The summed E-state index contributed by atoms with van der Waals surface area (Å²) in [4.78, 5) is 13.6. The van der Waals surface area contributed by atoms with Crippen molar-refractivity contribution in [1.82, 2.24) is 9.78 Å². The predicted octanol–water partition coefficient (Wildman–Crippen LogP) is 2.00. The number of thioether (sulfide) groups is 2. The third-order valence-corrected chi connectivity index (χ3v) is 3.66. The topological polar surface area (TPSA) is 34.9 Å². The largest absolute Gasteiger partial charge is 0.281 e. The zero-order valence-electron chi connectivity index (χ0n) is 8.61. The van der Waals surface area contributed by atoms with Crippen molar-refractivity contribution in [2.45, 2.75) is 23.6 Å². The molecule has 0 saturated heterocycles. The van der Waals surface area contributed by atoms with Gasteiger partial charge in [-0.2, -0.15) is 5.10 Å². The van der Waals surface area contributed by atoms with Crippen LogP contribution in [0.3, 0.4) is 0 Å². The van der Waals surface area contributed by atoms with Crippen LogP contribution in [0.1, 0.15) is 13.8 Å². The molecule has 5 heteroatoms. The third kappa shape index (κ3) is 2.54. The molecule has 0 aliphatic heterocycles. The summed E-state index contributed by atoms with van der Waals surface area (Å²) in [7, 11) is 1.68. The Kier molecular flexibility index (Phi) is 4.54. The summed E-state index contributed by atoms with van der Waals surface area (Å²) in [6, 6.07) is 0. The fourth-order valence-electron chi connectivity index (χ4n) is 1.04. The molecule has 0 spiro atoms. The van der Waals surface area contributed by atoms with Gasteiger partial charge in [0.05, 0.1) is 11.1 Å². The van der Waals surface area contributed by atoms with Crippen LogP contribution < -0.4 is 5.56 Å². The maximum atomic E-state index is 11.7. The number of hydrogen-bond donors (Lipinski definition) is 0. The molecule has 0 aliphatic rings. The number of rotatable bonds is 4. The van der Waals surface area contributed by atoms with Crippen LogP contribution in [0.25, 0.3) is 0 Å². The van der Waals surface area contributed by atoms with E-state index in [0.717, 1.165) is 21.3 Å². The Labute approximate surface area is 92.3 Å². The summed E-state index contributed by atoms with van der Waals surface area (Å²) in [6.07, 6.45) is 1.77. The highest BCUT2D eigenvalue weighted by atomic mass is 32.2. The highest BCUT2D eigenvalue weighted by Gasteiger charge is 2.09. The smallest absolute Gasteiger partial charge is 0.266 e. The van der Waals surface area contributed by atoms with Crippen molar-refractivity contribution < 1.29 is 0 Å². The van der Waals surface area contributed by atoms with Crippen LogP contribution in [-0.4, -0.2) is 21.3 Å². The zero-order chi connectivity index (χ0) is 10.6. The van der Waals surface area contributed by atoms with Crippen molar-refractivity contribution in [2.24, 2.45) is 7.05 Å². The Morgan fingerprint density at radius 2 is 2.00 bits per heavy atom. The standard InChI is InChI=1S/C9H14N2OS2/c1-4-13-7-6-10-11(3)9(12)8(7)14-5-2/h6H,4-5H2,1-3H3. The van der Waals surface area contributed by atoms with E-state index in [1.807, 2.05) is 6.92 Å². The van der Waals surface area contributed by atoms with Gasteiger partial charge in [0.25, 0.3) is 5.56 Å². The molecular formula is C9H14N2OS2. The molecule has 0 unspecified atom stereocenters. The maximum Gasteiger partial charge on any atom is 0.281 e. The lowest BCUT2D eigenvalue weighted by molar-refractivity contribution is 0.671. The molecular weight excluding hydrogens is 216 g/mol. The van der Waals surface area contributed by atoms with Crippen molar-refractivity contribution in [3.8, 4) is 0 Å². The van der Waals surface area contributed by atoms with E-state index in [-0.39, 0.29) is 5.56 Å². The summed E-state index contributed by atoms with van der Waals surface area (Å²) in [6.45, 7) is 4.12. The number of nitrogens with zero attached hydrogens (tertiary/aromatic N) is 2. The van der Waals surface area contributed by atoms with Gasteiger partial charge in [-0.15, -0.1) is 23.5 Å². The normalized spacial score (nSPS) is 10.5. The molecule has 0 bridgehead atoms. The van der Waals surface area contributed by atoms with Gasteiger partial charge < -0.3 is 0 Å². The first-order chi connectivity index (χ1) is 6.70. The molecule has 14 heavy (non-hydrogen) atoms. The minimum atomic E-state index is 0.00954. The van der Waals surface area contributed by atoms with E-state index in [9.17, 15) is 4.79 Å². The van der Waals surface area contributed by atoms with Crippen molar-refractivity contribution in [3.05, 3.63) is 16.6 Å². The van der Waals surface area contributed by atoms with Crippen molar-refractivity contribution in [2.75, 3.05) is 11.5 Å². The molecule has 0 N–H and O–H groups in total. The average Bonchev–Trinajstić information content (AvgIpc) is 2.18. The van der Waals surface area contributed by atoms with Crippen LogP contribution in [0.15, 0.2) is 20.8 Å². The van der Waals surface area contributed by atoms with Crippen LogP contribution in [0, 0.1) is 0 Å². The Bertz CT molecular complexity index is 362. The fraction of sp³-hybridized carbons (Fsp3) is 0.556. The molecule has 0 fully saturated rings. The van der Waals surface area contributed by atoms with Crippen LogP contribution in [-0.2, 0) is 7.05 Å². The lowest BCUT2D eigenvalue weighted by atomic mass is 10.5. The Morgan fingerprint density at radius 1 is 1.36 bits per heavy atom. The second-order valence-corrected chi connectivity index (χ2v) is 5.21. The minimum absolute atomic E-state index is 0.00954. The first kappa shape index (κ1) is 11.7. The SMILES string of the molecule is CCSc1cnn(C)c(=O)c1SCC. The molecule has 1 rings (SSSR count). The highest BCUT2D eigenvalue weighted by molar-refractivity contribution is 8.02. The fourth-order valence-corrected chi connectivity index (χ4v) is 2.78. The molecule has 0 atom stereocenters. The van der Waals surface area contributed by atoms with Crippen LogP contribution in [0.4, 0.5) is 0 Å². The average molecular weight is 230 g/mol. The van der Waals surface area contributed by atoms with Gasteiger partial charge in [0.1, 0.15) is 0 Å². The highest BCUT2D eigenvalue weighted by Crippen LogP contribution is 2.26. The summed E-state index contributed by atoms with van der Waals surface area (Å²) < 4.78 is 1.39. The summed E-state index contributed by atoms with van der Waals surface area (Å²) >= 11 is 3.26. The van der Waals surface area contributed by atoms with E-state index in [2.05, 4.69) is 12.0 Å².